The number of hydrogen-bond acceptors (Lipinski definition) is 1. The van der Waals surface area contributed by atoms with Crippen LogP contribution >= 0.6 is 0 Å². The average molecular weight is 444 g/mol. The number of benzene rings is 2. The largest absolute Gasteiger partial charge is 1.00 e. The van der Waals surface area contributed by atoms with Gasteiger partial charge in [0.05, 0.1) is 0 Å². The van der Waals surface area contributed by atoms with Crippen LogP contribution in [0.15, 0.2) is 60.7 Å². The van der Waals surface area contributed by atoms with Crippen molar-refractivity contribution in [1.82, 2.24) is 3.80 Å². The SMILES string of the molecule is CC(C)(C)[NH][Ti+2]([CH3])([CH3])[CH]1C=C(c2ccccc2)c2ccccc21.[Cl-].[Cl-].[SiH4]. The fraction of sp³-hybridized carbons (Fsp3) is 0.333. The quantitative estimate of drug-likeness (QED) is 0.556. The first-order valence-corrected chi connectivity index (χ1v) is 13.2. The second kappa shape index (κ2) is 9.73. The molecule has 26 heavy (non-hydrogen) atoms. The Balaban J connectivity index is 0.00000208. The van der Waals surface area contributed by atoms with Gasteiger partial charge in [0.15, 0.2) is 0 Å². The summed E-state index contributed by atoms with van der Waals surface area (Å²) in [6.07, 6.45) is 2.53. The fourth-order valence-corrected chi connectivity index (χ4v) is 9.65. The molecule has 0 saturated carbocycles. The van der Waals surface area contributed by atoms with Crippen molar-refractivity contribution in [3.8, 4) is 0 Å². The zero-order valence-corrected chi connectivity index (χ0v) is 18.7. The van der Waals surface area contributed by atoms with Gasteiger partial charge in [0, 0.05) is 0 Å². The first kappa shape index (κ1) is 25.7. The van der Waals surface area contributed by atoms with E-state index >= 15 is 0 Å². The number of hydrogen-bond donors (Lipinski definition) is 1. The summed E-state index contributed by atoms with van der Waals surface area (Å²) in [7, 11) is 0. The Hall–Kier alpha value is -0.349. The van der Waals surface area contributed by atoms with Gasteiger partial charge in [-0.1, -0.05) is 0 Å². The van der Waals surface area contributed by atoms with Crippen LogP contribution in [0.5, 0.6) is 0 Å². The molecule has 1 unspecified atom stereocenters. The van der Waals surface area contributed by atoms with Crippen LogP contribution in [0, 0.1) is 0 Å². The van der Waals surface area contributed by atoms with Crippen molar-refractivity contribution in [3.63, 3.8) is 0 Å². The van der Waals surface area contributed by atoms with Crippen LogP contribution < -0.4 is 28.6 Å². The standard InChI is InChI=1S/C15H11.C4H10N.2CH3.2ClH.H4Si.Ti/c1-2-6-12(7-3-1)15-11-10-13-8-4-5-9-14(13)15;1-4(2,3)5;;;;;;/h1-11H;5H,1-3H3;2*1H3;2*1H;1H4;/q;-1;;;;;;+3/p-2. The van der Waals surface area contributed by atoms with E-state index in [-0.39, 0.29) is 41.3 Å². The van der Waals surface area contributed by atoms with E-state index in [1.165, 1.54) is 22.3 Å². The molecule has 0 amide bonds. The Kier molecular flexibility index (Phi) is 9.60. The van der Waals surface area contributed by atoms with Crippen LogP contribution in [0.4, 0.5) is 0 Å². The maximum atomic E-state index is 3.99. The van der Waals surface area contributed by atoms with Crippen molar-refractivity contribution >= 4 is 16.5 Å². The molecule has 0 bridgehead atoms. The van der Waals surface area contributed by atoms with Gasteiger partial charge in [-0.3, -0.25) is 0 Å². The zero-order chi connectivity index (χ0) is 16.7. The van der Waals surface area contributed by atoms with Gasteiger partial charge in [-0.25, -0.2) is 0 Å². The minimum Gasteiger partial charge on any atom is -1.00 e. The van der Waals surface area contributed by atoms with Crippen molar-refractivity contribution < 1.29 is 41.7 Å². The maximum Gasteiger partial charge on any atom is -0.0149 e. The average Bonchev–Trinajstić information content (AvgIpc) is 2.86. The molecule has 0 spiro atoms. The van der Waals surface area contributed by atoms with Crippen LogP contribution in [0.2, 0.25) is 10.5 Å². The van der Waals surface area contributed by atoms with E-state index in [1.807, 2.05) is 0 Å². The first-order chi connectivity index (χ1) is 10.8. The van der Waals surface area contributed by atoms with Crippen LogP contribution in [-0.2, 0) is 16.8 Å². The summed E-state index contributed by atoms with van der Waals surface area (Å²) in [6, 6.07) is 19.7. The molecule has 1 aliphatic carbocycles. The van der Waals surface area contributed by atoms with E-state index in [0.717, 1.165) is 0 Å². The smallest absolute Gasteiger partial charge is 0.0149 e. The van der Waals surface area contributed by atoms with Crippen LogP contribution in [-0.4, -0.2) is 16.5 Å². The molecule has 5 heteroatoms. The Morgan fingerprint density at radius 2 is 1.38 bits per heavy atom. The van der Waals surface area contributed by atoms with Crippen molar-refractivity contribution in [2.45, 2.75) is 41.0 Å². The molecule has 1 N–H and O–H groups in total. The molecule has 1 nitrogen and oxygen atoms in total. The number of halogens is 2. The minimum absolute atomic E-state index is 0. The Morgan fingerprint density at radius 1 is 0.846 bits per heavy atom. The van der Waals surface area contributed by atoms with Gasteiger partial charge in [0.1, 0.15) is 0 Å². The Labute approximate surface area is 179 Å². The molecule has 142 valence electrons. The molecule has 1 aliphatic rings. The normalized spacial score (nSPS) is 15.1. The van der Waals surface area contributed by atoms with Gasteiger partial charge in [-0.05, 0) is 11.0 Å². The van der Waals surface area contributed by atoms with Crippen LogP contribution in [0.3, 0.4) is 0 Å². The van der Waals surface area contributed by atoms with Gasteiger partial charge in [0.2, 0.25) is 0 Å². The predicted molar refractivity (Wildman–Crippen MR) is 109 cm³/mol. The van der Waals surface area contributed by atoms with Gasteiger partial charge < -0.3 is 24.8 Å². The molecule has 0 heterocycles. The van der Waals surface area contributed by atoms with E-state index in [1.54, 1.807) is 0 Å². The van der Waals surface area contributed by atoms with E-state index in [9.17, 15) is 0 Å². The summed E-state index contributed by atoms with van der Waals surface area (Å²) in [5.41, 5.74) is 5.82. The van der Waals surface area contributed by atoms with Crippen molar-refractivity contribution in [1.29, 1.82) is 0 Å². The van der Waals surface area contributed by atoms with E-state index in [0.29, 0.717) is 4.22 Å². The van der Waals surface area contributed by atoms with E-state index < -0.39 is 16.8 Å². The number of allylic oxidation sites excluding steroid dienone is 1. The molecular weight excluding hydrogens is 413 g/mol. The summed E-state index contributed by atoms with van der Waals surface area (Å²) in [5, 5.41) is 4.99. The van der Waals surface area contributed by atoms with Gasteiger partial charge in [-0.15, -0.1) is 0 Å². The first-order valence-electron chi connectivity index (χ1n) is 8.44. The van der Waals surface area contributed by atoms with Crippen LogP contribution in [0.25, 0.3) is 5.57 Å². The molecule has 0 saturated heterocycles. The van der Waals surface area contributed by atoms with Crippen molar-refractivity contribution in [2.24, 2.45) is 0 Å². The minimum atomic E-state index is -2.24. The summed E-state index contributed by atoms with van der Waals surface area (Å²) in [6.45, 7) is 6.84. The Morgan fingerprint density at radius 3 is 1.96 bits per heavy atom. The van der Waals surface area contributed by atoms with Crippen molar-refractivity contribution in [2.75, 3.05) is 0 Å². The van der Waals surface area contributed by atoms with Gasteiger partial charge >= 0.3 is 145 Å². The van der Waals surface area contributed by atoms with E-state index in [2.05, 4.69) is 95.7 Å². The molecule has 0 aliphatic heterocycles. The molecule has 0 radical (unpaired) electrons. The molecule has 0 aromatic heterocycles. The molecule has 3 rings (SSSR count). The van der Waals surface area contributed by atoms with Crippen molar-refractivity contribution in [3.05, 3.63) is 77.4 Å². The van der Waals surface area contributed by atoms with Crippen LogP contribution in [0.1, 0.15) is 41.7 Å². The second-order valence-corrected chi connectivity index (χ2v) is 14.8. The zero-order valence-electron chi connectivity index (χ0n) is 15.6. The molecular formula is C21H31Cl2NSiTi. The Bertz CT molecular complexity index is 739. The summed E-state index contributed by atoms with van der Waals surface area (Å²) in [4.78, 5) is 0. The second-order valence-electron chi connectivity index (χ2n) is 8.11. The number of rotatable bonds is 3. The maximum absolute atomic E-state index is 3.99. The monoisotopic (exact) mass is 443 g/mol. The molecule has 1 atom stereocenters. The third kappa shape index (κ3) is 5.58. The molecule has 2 aromatic rings. The number of fused-ring (bicyclic) bond motifs is 1. The van der Waals surface area contributed by atoms with Gasteiger partial charge in [0.25, 0.3) is 0 Å². The van der Waals surface area contributed by atoms with Gasteiger partial charge in [-0.2, -0.15) is 0 Å². The summed E-state index contributed by atoms with van der Waals surface area (Å²) in [5.74, 6) is 0. The third-order valence-electron chi connectivity index (χ3n) is 4.48. The molecule has 0 fully saturated rings. The number of nitrogens with one attached hydrogen (secondary N) is 1. The topological polar surface area (TPSA) is 12.0 Å². The summed E-state index contributed by atoms with van der Waals surface area (Å²) < 4.78 is 4.55. The third-order valence-corrected chi connectivity index (χ3v) is 9.83. The predicted octanol–water partition coefficient (Wildman–Crippen LogP) is -1.72. The molecule has 2 aromatic carbocycles. The fourth-order valence-electron chi connectivity index (χ4n) is 3.87. The van der Waals surface area contributed by atoms with E-state index in [4.69, 9.17) is 0 Å². The summed E-state index contributed by atoms with van der Waals surface area (Å²) >= 11 is -2.24.